The first-order valence-corrected chi connectivity index (χ1v) is 10.9. The van der Waals surface area contributed by atoms with Gasteiger partial charge in [-0.1, -0.05) is 12.1 Å². The molecular formula is C24H22F3N5O3. The van der Waals surface area contributed by atoms with Crippen molar-refractivity contribution in [1.29, 1.82) is 5.26 Å². The zero-order valence-corrected chi connectivity index (χ0v) is 18.8. The van der Waals surface area contributed by atoms with Gasteiger partial charge in [0.2, 0.25) is 0 Å². The number of aryl methyl sites for hydroxylation is 1. The van der Waals surface area contributed by atoms with Crippen LogP contribution in [0.4, 0.5) is 24.7 Å². The summed E-state index contributed by atoms with van der Waals surface area (Å²) in [6.07, 6.45) is -2.34. The van der Waals surface area contributed by atoms with Gasteiger partial charge in [0.15, 0.2) is 11.4 Å². The molecule has 35 heavy (non-hydrogen) atoms. The minimum atomic E-state index is -4.58. The van der Waals surface area contributed by atoms with Crippen LogP contribution in [0.2, 0.25) is 0 Å². The number of benzene rings is 1. The van der Waals surface area contributed by atoms with Crippen LogP contribution in [0.15, 0.2) is 41.3 Å². The van der Waals surface area contributed by atoms with E-state index >= 15 is 0 Å². The summed E-state index contributed by atoms with van der Waals surface area (Å²) in [5, 5.41) is 24.4. The summed E-state index contributed by atoms with van der Waals surface area (Å²) in [6.45, 7) is 3.44. The first-order valence-electron chi connectivity index (χ1n) is 10.9. The van der Waals surface area contributed by atoms with E-state index < -0.39 is 47.1 Å². The second-order valence-electron chi connectivity index (χ2n) is 8.64. The third-order valence-electron chi connectivity index (χ3n) is 5.94. The van der Waals surface area contributed by atoms with Crippen molar-refractivity contribution in [1.82, 2.24) is 9.38 Å². The Morgan fingerprint density at radius 1 is 1.29 bits per heavy atom. The van der Waals surface area contributed by atoms with Crippen LogP contribution >= 0.6 is 0 Å². The number of aromatic nitrogens is 2. The highest BCUT2D eigenvalue weighted by atomic mass is 19.4. The third kappa shape index (κ3) is 4.77. The van der Waals surface area contributed by atoms with Gasteiger partial charge in [0.1, 0.15) is 17.8 Å². The molecule has 3 aromatic rings. The maximum atomic E-state index is 13.6. The van der Waals surface area contributed by atoms with Crippen LogP contribution < -0.4 is 16.2 Å². The zero-order valence-electron chi connectivity index (χ0n) is 18.8. The number of hydrogen-bond donors (Lipinski definition) is 3. The first kappa shape index (κ1) is 24.1. The Kier molecular flexibility index (Phi) is 6.15. The topological polar surface area (TPSA) is 120 Å². The summed E-state index contributed by atoms with van der Waals surface area (Å²) < 4.78 is 42.0. The number of pyridine rings is 1. The fourth-order valence-electron chi connectivity index (χ4n) is 4.08. The number of nitrogens with one attached hydrogen (secondary N) is 2. The van der Waals surface area contributed by atoms with Crippen molar-refractivity contribution in [2.45, 2.75) is 44.9 Å². The zero-order chi connectivity index (χ0) is 25.5. The molecule has 0 unspecified atom stereocenters. The van der Waals surface area contributed by atoms with Crippen molar-refractivity contribution in [2.24, 2.45) is 5.92 Å². The number of nitrogens with zero attached hydrogens (tertiary/aromatic N) is 3. The molecular weight excluding hydrogens is 463 g/mol. The highest BCUT2D eigenvalue weighted by Crippen LogP contribution is 2.41. The van der Waals surface area contributed by atoms with Crippen molar-refractivity contribution < 1.29 is 23.1 Å². The second-order valence-corrected chi connectivity index (χ2v) is 8.64. The number of alkyl halides is 3. The molecule has 11 heteroatoms. The summed E-state index contributed by atoms with van der Waals surface area (Å²) in [7, 11) is 0. The van der Waals surface area contributed by atoms with Crippen LogP contribution in [0, 0.1) is 24.2 Å². The van der Waals surface area contributed by atoms with E-state index in [0.717, 1.165) is 4.40 Å². The van der Waals surface area contributed by atoms with E-state index in [0.29, 0.717) is 29.7 Å². The van der Waals surface area contributed by atoms with Crippen molar-refractivity contribution >= 4 is 23.1 Å². The number of carboxylic acid groups (broad SMARTS) is 1. The average molecular weight is 485 g/mol. The molecule has 0 spiro atoms. The average Bonchev–Trinajstić information content (AvgIpc) is 3.62. The second kappa shape index (κ2) is 8.94. The lowest BCUT2D eigenvalue weighted by Crippen LogP contribution is -2.39. The normalized spacial score (nSPS) is 15.3. The van der Waals surface area contributed by atoms with E-state index in [-0.39, 0.29) is 11.2 Å². The molecule has 3 N–H and O–H groups in total. The maximum Gasteiger partial charge on any atom is 0.408 e. The molecule has 8 nitrogen and oxygen atoms in total. The summed E-state index contributed by atoms with van der Waals surface area (Å²) >= 11 is 0. The van der Waals surface area contributed by atoms with E-state index in [2.05, 4.69) is 15.6 Å². The molecule has 0 bridgehead atoms. The number of anilines is 2. The lowest BCUT2D eigenvalue weighted by molar-refractivity contribution is -0.146. The molecule has 4 rings (SSSR count). The van der Waals surface area contributed by atoms with Crippen LogP contribution in [-0.2, 0) is 0 Å². The maximum absolute atomic E-state index is 13.6. The monoisotopic (exact) mass is 485 g/mol. The fourth-order valence-corrected chi connectivity index (χ4v) is 4.08. The quantitative estimate of drug-likeness (QED) is 0.451. The van der Waals surface area contributed by atoms with Gasteiger partial charge in [-0.2, -0.15) is 18.4 Å². The number of halogens is 3. The van der Waals surface area contributed by atoms with Crippen molar-refractivity contribution in [3.63, 3.8) is 0 Å². The summed E-state index contributed by atoms with van der Waals surface area (Å²) in [4.78, 5) is 29.0. The van der Waals surface area contributed by atoms with Gasteiger partial charge in [0, 0.05) is 17.4 Å². The molecule has 2 atom stereocenters. The molecule has 1 aliphatic rings. The summed E-state index contributed by atoms with van der Waals surface area (Å²) in [5.74, 6) is -2.20. The molecule has 0 radical (unpaired) electrons. The molecule has 0 aliphatic heterocycles. The SMILES string of the molecule is Cc1cc([C@@H](C)Nc2ccccc2C(=O)O)c2nc(N[C@H](C3CC3)C(F)(F)F)c(C#N)c(=O)n2c1. The number of para-hydroxylation sites is 1. The number of nitriles is 1. The summed E-state index contributed by atoms with van der Waals surface area (Å²) in [5.41, 5.74) is 0.217. The van der Waals surface area contributed by atoms with Crippen molar-refractivity contribution in [2.75, 3.05) is 10.6 Å². The number of aromatic carboxylic acids is 1. The van der Waals surface area contributed by atoms with Gasteiger partial charge >= 0.3 is 12.1 Å². The van der Waals surface area contributed by atoms with Gasteiger partial charge in [-0.25, -0.2) is 9.78 Å². The van der Waals surface area contributed by atoms with Crippen LogP contribution in [0.1, 0.15) is 52.9 Å². The Hall–Kier alpha value is -4.07. The molecule has 182 valence electrons. The van der Waals surface area contributed by atoms with Crippen LogP contribution in [0.3, 0.4) is 0 Å². The molecule has 1 aliphatic carbocycles. The first-order chi connectivity index (χ1) is 16.5. The molecule has 1 aromatic carbocycles. The lowest BCUT2D eigenvalue weighted by atomic mass is 10.1. The smallest absolute Gasteiger partial charge is 0.408 e. The lowest BCUT2D eigenvalue weighted by Gasteiger charge is -2.23. The number of fused-ring (bicyclic) bond motifs is 1. The Bertz CT molecular complexity index is 1410. The minimum absolute atomic E-state index is 0.0352. The van der Waals surface area contributed by atoms with Crippen LogP contribution in [-0.4, -0.2) is 32.7 Å². The standard InChI is InChI=1S/C24H22F3N5O3/c1-12-9-16(13(2)29-18-6-4-3-5-15(18)23(34)35)21-31-20(17(10-28)22(33)32(21)11-12)30-19(14-7-8-14)24(25,26)27/h3-6,9,11,13-14,19,29-30H,7-8H2,1-2H3,(H,34,35)/t13-,19-/m1/s1. The number of rotatable bonds is 7. The Morgan fingerprint density at radius 3 is 2.57 bits per heavy atom. The van der Waals surface area contributed by atoms with E-state index in [4.69, 9.17) is 0 Å². The predicted molar refractivity (Wildman–Crippen MR) is 123 cm³/mol. The number of carbonyl (C=O) groups is 1. The van der Waals surface area contributed by atoms with E-state index in [9.17, 15) is 33.1 Å². The number of carboxylic acids is 1. The molecule has 2 heterocycles. The number of hydrogen-bond acceptors (Lipinski definition) is 6. The molecule has 0 amide bonds. The predicted octanol–water partition coefficient (Wildman–Crippen LogP) is 4.50. The van der Waals surface area contributed by atoms with Gasteiger partial charge in [0.05, 0.1) is 11.6 Å². The largest absolute Gasteiger partial charge is 0.478 e. The van der Waals surface area contributed by atoms with Gasteiger partial charge in [-0.15, -0.1) is 0 Å². The highest BCUT2D eigenvalue weighted by Gasteiger charge is 2.49. The van der Waals surface area contributed by atoms with Gasteiger partial charge in [-0.05, 0) is 56.4 Å². The molecule has 0 saturated heterocycles. The van der Waals surface area contributed by atoms with Crippen LogP contribution in [0.5, 0.6) is 0 Å². The highest BCUT2D eigenvalue weighted by molar-refractivity contribution is 5.94. The molecule has 2 aromatic heterocycles. The Balaban J connectivity index is 1.84. The van der Waals surface area contributed by atoms with Crippen LogP contribution in [0.25, 0.3) is 5.65 Å². The van der Waals surface area contributed by atoms with Gasteiger partial charge < -0.3 is 15.7 Å². The Morgan fingerprint density at radius 2 is 1.97 bits per heavy atom. The molecule has 1 fully saturated rings. The fraction of sp³-hybridized carbons (Fsp3) is 0.333. The summed E-state index contributed by atoms with van der Waals surface area (Å²) in [6, 6.07) is 7.17. The van der Waals surface area contributed by atoms with Gasteiger partial charge in [0.25, 0.3) is 5.56 Å². The van der Waals surface area contributed by atoms with Crippen molar-refractivity contribution in [3.05, 3.63) is 69.1 Å². The van der Waals surface area contributed by atoms with E-state index in [1.807, 2.05) is 0 Å². The Labute approximate surface area is 198 Å². The van der Waals surface area contributed by atoms with Crippen molar-refractivity contribution in [3.8, 4) is 6.07 Å². The van der Waals surface area contributed by atoms with E-state index in [1.165, 1.54) is 12.3 Å². The third-order valence-corrected chi connectivity index (χ3v) is 5.94. The molecule has 1 saturated carbocycles. The van der Waals surface area contributed by atoms with E-state index in [1.54, 1.807) is 44.2 Å². The van der Waals surface area contributed by atoms with Gasteiger partial charge in [-0.3, -0.25) is 9.20 Å². The minimum Gasteiger partial charge on any atom is -0.478 e.